The zero-order valence-electron chi connectivity index (χ0n) is 27.2. The average molecular weight is 638 g/mol. The molecule has 0 unspecified atom stereocenters. The Labute approximate surface area is 291 Å². The fourth-order valence-electron chi connectivity index (χ4n) is 6.76. The number of aromatic nitrogens is 3. The summed E-state index contributed by atoms with van der Waals surface area (Å²) in [6, 6.07) is 66.0. The van der Waals surface area contributed by atoms with Crippen LogP contribution in [0.5, 0.6) is 0 Å². The van der Waals surface area contributed by atoms with E-state index < -0.39 is 0 Å². The predicted molar refractivity (Wildman–Crippen MR) is 207 cm³/mol. The van der Waals surface area contributed by atoms with E-state index in [-0.39, 0.29) is 0 Å². The number of hydrogen-bond donors (Lipinski definition) is 0. The second-order valence-corrected chi connectivity index (χ2v) is 12.5. The molecule has 50 heavy (non-hydrogen) atoms. The van der Waals surface area contributed by atoms with Crippen LogP contribution >= 0.6 is 0 Å². The molecular formula is C47H31N3. The van der Waals surface area contributed by atoms with Crippen LogP contribution < -0.4 is 0 Å². The lowest BCUT2D eigenvalue weighted by Crippen LogP contribution is -2.00. The highest BCUT2D eigenvalue weighted by Crippen LogP contribution is 2.38. The van der Waals surface area contributed by atoms with Crippen molar-refractivity contribution >= 4 is 21.5 Å². The molecule has 1 aromatic heterocycles. The Balaban J connectivity index is 1.08. The molecule has 9 aromatic rings. The Morgan fingerprint density at radius 2 is 0.600 bits per heavy atom. The molecule has 0 N–H and O–H groups in total. The Morgan fingerprint density at radius 1 is 0.240 bits per heavy atom. The molecule has 1 heterocycles. The van der Waals surface area contributed by atoms with E-state index in [0.717, 1.165) is 22.3 Å². The van der Waals surface area contributed by atoms with Crippen LogP contribution in [0.4, 0.5) is 0 Å². The normalized spacial score (nSPS) is 11.2. The fraction of sp³-hybridized carbons (Fsp3) is 0. The minimum absolute atomic E-state index is 0.650. The van der Waals surface area contributed by atoms with Crippen LogP contribution in [0.25, 0.3) is 89.1 Å². The van der Waals surface area contributed by atoms with Crippen molar-refractivity contribution in [2.45, 2.75) is 0 Å². The summed E-state index contributed by atoms with van der Waals surface area (Å²) in [5, 5.41) is 4.91. The van der Waals surface area contributed by atoms with Crippen LogP contribution in [0.15, 0.2) is 188 Å². The Kier molecular flexibility index (Phi) is 7.49. The van der Waals surface area contributed by atoms with Gasteiger partial charge in [0.1, 0.15) is 0 Å². The minimum Gasteiger partial charge on any atom is -0.208 e. The number of hydrogen-bond acceptors (Lipinski definition) is 3. The van der Waals surface area contributed by atoms with Gasteiger partial charge in [0.15, 0.2) is 17.5 Å². The highest BCUT2D eigenvalue weighted by Gasteiger charge is 2.14. The van der Waals surface area contributed by atoms with Gasteiger partial charge in [-0.05, 0) is 67.1 Å². The van der Waals surface area contributed by atoms with Gasteiger partial charge in [0, 0.05) is 16.7 Å². The molecule has 0 aliphatic heterocycles. The van der Waals surface area contributed by atoms with Crippen molar-refractivity contribution < 1.29 is 0 Å². The third-order valence-electron chi connectivity index (χ3n) is 9.34. The first kappa shape index (κ1) is 29.4. The van der Waals surface area contributed by atoms with Crippen LogP contribution in [-0.4, -0.2) is 15.0 Å². The summed E-state index contributed by atoms with van der Waals surface area (Å²) in [4.78, 5) is 14.7. The van der Waals surface area contributed by atoms with E-state index in [4.69, 9.17) is 15.0 Å². The lowest BCUT2D eigenvalue weighted by molar-refractivity contribution is 1.07. The molecular weight excluding hydrogens is 607 g/mol. The second-order valence-electron chi connectivity index (χ2n) is 12.5. The lowest BCUT2D eigenvalue weighted by Gasteiger charge is -2.14. The van der Waals surface area contributed by atoms with Gasteiger partial charge in [-0.25, -0.2) is 15.0 Å². The van der Waals surface area contributed by atoms with Crippen LogP contribution in [0, 0.1) is 0 Å². The Bertz CT molecular complexity index is 2560. The van der Waals surface area contributed by atoms with Crippen LogP contribution in [-0.2, 0) is 0 Å². The molecule has 0 radical (unpaired) electrons. The summed E-state index contributed by atoms with van der Waals surface area (Å²) >= 11 is 0. The smallest absolute Gasteiger partial charge is 0.164 e. The third kappa shape index (κ3) is 5.61. The Morgan fingerprint density at radius 3 is 1.12 bits per heavy atom. The van der Waals surface area contributed by atoms with Crippen molar-refractivity contribution in [3.63, 3.8) is 0 Å². The molecule has 0 atom stereocenters. The van der Waals surface area contributed by atoms with Crippen LogP contribution in [0.2, 0.25) is 0 Å². The highest BCUT2D eigenvalue weighted by molar-refractivity contribution is 6.06. The molecule has 0 amide bonds. The van der Waals surface area contributed by atoms with E-state index in [1.54, 1.807) is 0 Å². The standard InChI is InChI=1S/C47H31N3/c1-4-12-32(13-5-1)37-24-25-39-31-40(27-26-38(39)30-37)42-29-28-41(43-18-10-11-19-44(42)43)33-20-22-36(23-21-33)47-49-45(34-14-6-2-7-15-34)48-46(50-47)35-16-8-3-9-17-35/h1-31H. The van der Waals surface area contributed by atoms with Crippen molar-refractivity contribution in [3.05, 3.63) is 188 Å². The SMILES string of the molecule is c1ccc(-c2ccc3cc(-c4ccc(-c5ccc(-c6nc(-c7ccccc7)nc(-c7ccccc7)n6)cc5)c5ccccc45)ccc3c2)cc1. The molecule has 0 aliphatic rings. The lowest BCUT2D eigenvalue weighted by atomic mass is 9.91. The zero-order chi connectivity index (χ0) is 33.3. The van der Waals surface area contributed by atoms with Gasteiger partial charge in [0.05, 0.1) is 0 Å². The molecule has 0 saturated carbocycles. The first-order chi connectivity index (χ1) is 24.8. The largest absolute Gasteiger partial charge is 0.208 e. The van der Waals surface area contributed by atoms with E-state index in [2.05, 4.69) is 127 Å². The predicted octanol–water partition coefficient (Wildman–Crippen LogP) is 12.2. The molecule has 0 bridgehead atoms. The van der Waals surface area contributed by atoms with Gasteiger partial charge in [0.25, 0.3) is 0 Å². The molecule has 0 aliphatic carbocycles. The van der Waals surface area contributed by atoms with Gasteiger partial charge >= 0.3 is 0 Å². The van der Waals surface area contributed by atoms with E-state index >= 15 is 0 Å². The molecule has 8 aromatic carbocycles. The fourth-order valence-corrected chi connectivity index (χ4v) is 6.76. The maximum atomic E-state index is 4.92. The summed E-state index contributed by atoms with van der Waals surface area (Å²) < 4.78 is 0. The minimum atomic E-state index is 0.650. The zero-order valence-corrected chi connectivity index (χ0v) is 27.2. The summed E-state index contributed by atoms with van der Waals surface area (Å²) in [6.45, 7) is 0. The van der Waals surface area contributed by atoms with Gasteiger partial charge in [-0.15, -0.1) is 0 Å². The molecule has 0 saturated heterocycles. The second kappa shape index (κ2) is 12.7. The topological polar surface area (TPSA) is 38.7 Å². The molecule has 9 rings (SSSR count). The highest BCUT2D eigenvalue weighted by atomic mass is 15.0. The van der Waals surface area contributed by atoms with Gasteiger partial charge < -0.3 is 0 Å². The van der Waals surface area contributed by atoms with E-state index in [9.17, 15) is 0 Å². The third-order valence-corrected chi connectivity index (χ3v) is 9.34. The summed E-state index contributed by atoms with van der Waals surface area (Å²) in [5.74, 6) is 1.97. The van der Waals surface area contributed by atoms with Crippen molar-refractivity contribution in [3.8, 4) is 67.5 Å². The number of rotatable bonds is 6. The average Bonchev–Trinajstić information content (AvgIpc) is 3.21. The van der Waals surface area contributed by atoms with Gasteiger partial charge in [-0.3, -0.25) is 0 Å². The molecule has 3 nitrogen and oxygen atoms in total. The number of benzene rings is 8. The first-order valence-corrected chi connectivity index (χ1v) is 16.9. The Hall–Kier alpha value is -6.71. The van der Waals surface area contributed by atoms with Crippen LogP contribution in [0.1, 0.15) is 0 Å². The van der Waals surface area contributed by atoms with E-state index in [1.807, 2.05) is 60.7 Å². The maximum absolute atomic E-state index is 4.92. The van der Waals surface area contributed by atoms with Crippen molar-refractivity contribution in [1.29, 1.82) is 0 Å². The molecule has 0 fully saturated rings. The quantitative estimate of drug-likeness (QED) is 0.182. The van der Waals surface area contributed by atoms with Gasteiger partial charge in [-0.2, -0.15) is 0 Å². The molecule has 3 heteroatoms. The number of nitrogens with zero attached hydrogens (tertiary/aromatic N) is 3. The number of fused-ring (bicyclic) bond motifs is 2. The van der Waals surface area contributed by atoms with Crippen molar-refractivity contribution in [1.82, 2.24) is 15.0 Å². The maximum Gasteiger partial charge on any atom is 0.164 e. The van der Waals surface area contributed by atoms with Crippen molar-refractivity contribution in [2.75, 3.05) is 0 Å². The summed E-state index contributed by atoms with van der Waals surface area (Å²) in [7, 11) is 0. The van der Waals surface area contributed by atoms with E-state index in [1.165, 1.54) is 49.4 Å². The van der Waals surface area contributed by atoms with E-state index in [0.29, 0.717) is 17.5 Å². The van der Waals surface area contributed by atoms with Crippen LogP contribution in [0.3, 0.4) is 0 Å². The monoisotopic (exact) mass is 637 g/mol. The van der Waals surface area contributed by atoms with Gasteiger partial charge in [-0.1, -0.05) is 176 Å². The summed E-state index contributed by atoms with van der Waals surface area (Å²) in [6.07, 6.45) is 0. The first-order valence-electron chi connectivity index (χ1n) is 16.9. The van der Waals surface area contributed by atoms with Gasteiger partial charge in [0.2, 0.25) is 0 Å². The molecule has 234 valence electrons. The summed E-state index contributed by atoms with van der Waals surface area (Å²) in [5.41, 5.74) is 10.1. The molecule has 0 spiro atoms. The van der Waals surface area contributed by atoms with Crippen molar-refractivity contribution in [2.24, 2.45) is 0 Å².